The fourth-order valence-corrected chi connectivity index (χ4v) is 2.80. The van der Waals surface area contributed by atoms with E-state index in [0.717, 1.165) is 5.56 Å². The Kier molecular flexibility index (Phi) is 5.77. The van der Waals surface area contributed by atoms with Gasteiger partial charge in [0.15, 0.2) is 0 Å². The number of aliphatic hydroxyl groups is 1. The molecule has 170 valence electrons. The Morgan fingerprint density at radius 1 is 0.939 bits per heavy atom. The van der Waals surface area contributed by atoms with E-state index < -0.39 is 17.7 Å². The lowest BCUT2D eigenvalue weighted by Gasteiger charge is -2.16. The van der Waals surface area contributed by atoms with Crippen molar-refractivity contribution in [2.24, 2.45) is 0 Å². The number of nitrogens with one attached hydrogen (secondary N) is 1. The van der Waals surface area contributed by atoms with Crippen LogP contribution in [-0.4, -0.2) is 35.2 Å². The topological polar surface area (TPSA) is 123 Å². The highest BCUT2D eigenvalue weighted by Gasteiger charge is 2.38. The number of aromatic nitrogens is 6. The minimum Gasteiger partial charge on any atom is -0.384 e. The van der Waals surface area contributed by atoms with Crippen molar-refractivity contribution in [2.45, 2.75) is 32.2 Å². The number of halogens is 3. The number of hydrogen-bond acceptors (Lipinski definition) is 9. The average Bonchev–Trinajstić information content (AvgIpc) is 3.29. The van der Waals surface area contributed by atoms with Crippen molar-refractivity contribution < 1.29 is 22.8 Å². The molecule has 0 aromatic carbocycles. The summed E-state index contributed by atoms with van der Waals surface area (Å²) in [5.74, 6) is -1.25. The fourth-order valence-electron chi connectivity index (χ4n) is 2.80. The summed E-state index contributed by atoms with van der Waals surface area (Å²) in [6, 6.07) is 8.45. The van der Waals surface area contributed by atoms with E-state index in [1.165, 1.54) is 6.20 Å². The van der Waals surface area contributed by atoms with Gasteiger partial charge in [-0.25, -0.2) is 9.97 Å². The van der Waals surface area contributed by atoms with Gasteiger partial charge >= 0.3 is 12.1 Å². The first-order valence-corrected chi connectivity index (χ1v) is 9.72. The molecule has 0 saturated heterocycles. The van der Waals surface area contributed by atoms with E-state index >= 15 is 0 Å². The zero-order valence-electron chi connectivity index (χ0n) is 17.5. The molecular weight excluding hydrogens is 439 g/mol. The first kappa shape index (κ1) is 22.3. The highest BCUT2D eigenvalue weighted by molar-refractivity contribution is 5.59. The zero-order valence-corrected chi connectivity index (χ0v) is 17.5. The van der Waals surface area contributed by atoms with E-state index in [1.54, 1.807) is 50.5 Å². The number of pyridine rings is 2. The van der Waals surface area contributed by atoms with E-state index in [-0.39, 0.29) is 12.4 Å². The van der Waals surface area contributed by atoms with Crippen LogP contribution in [0.15, 0.2) is 53.4 Å². The molecule has 0 atom stereocenters. The van der Waals surface area contributed by atoms with Gasteiger partial charge in [0.25, 0.3) is 0 Å². The largest absolute Gasteiger partial charge is 0.471 e. The number of hydrogen-bond donors (Lipinski definition) is 2. The average molecular weight is 457 g/mol. The molecule has 0 spiro atoms. The normalized spacial score (nSPS) is 12.1. The van der Waals surface area contributed by atoms with Gasteiger partial charge in [-0.05, 0) is 44.2 Å². The second-order valence-electron chi connectivity index (χ2n) is 7.57. The van der Waals surface area contributed by atoms with E-state index in [1.807, 2.05) is 6.07 Å². The molecule has 0 unspecified atom stereocenters. The molecule has 0 aliphatic heterocycles. The Morgan fingerprint density at radius 3 is 2.30 bits per heavy atom. The lowest BCUT2D eigenvalue weighted by molar-refractivity contribution is -0.159. The van der Waals surface area contributed by atoms with Crippen LogP contribution in [0.4, 0.5) is 19.1 Å². The van der Waals surface area contributed by atoms with E-state index in [9.17, 15) is 18.3 Å². The molecule has 0 fully saturated rings. The molecule has 4 heterocycles. The highest BCUT2D eigenvalue weighted by atomic mass is 19.4. The molecule has 12 heteroatoms. The van der Waals surface area contributed by atoms with Crippen molar-refractivity contribution in [2.75, 3.05) is 5.32 Å². The molecule has 9 nitrogen and oxygen atoms in total. The second kappa shape index (κ2) is 8.54. The van der Waals surface area contributed by atoms with Crippen LogP contribution in [-0.2, 0) is 18.3 Å². The summed E-state index contributed by atoms with van der Waals surface area (Å²) in [4.78, 5) is 20.4. The third kappa shape index (κ3) is 5.29. The smallest absolute Gasteiger partial charge is 0.384 e. The first-order chi connectivity index (χ1) is 15.6. The van der Waals surface area contributed by atoms with Gasteiger partial charge in [0, 0.05) is 29.7 Å². The molecule has 0 bridgehead atoms. The van der Waals surface area contributed by atoms with Crippen molar-refractivity contribution in [3.05, 3.63) is 66.2 Å². The van der Waals surface area contributed by atoms with E-state index in [4.69, 9.17) is 0 Å². The highest BCUT2D eigenvalue weighted by Crippen LogP contribution is 2.29. The maximum absolute atomic E-state index is 12.6. The number of nitrogens with zero attached hydrogens (tertiary/aromatic N) is 6. The summed E-state index contributed by atoms with van der Waals surface area (Å²) in [6.45, 7) is 3.59. The van der Waals surface area contributed by atoms with Crippen molar-refractivity contribution in [1.29, 1.82) is 0 Å². The Balaban J connectivity index is 1.42. The minimum absolute atomic E-state index is 0.199. The predicted octanol–water partition coefficient (Wildman–Crippen LogP) is 3.84. The van der Waals surface area contributed by atoms with Crippen LogP contribution in [0.25, 0.3) is 22.6 Å². The van der Waals surface area contributed by atoms with Gasteiger partial charge in [-0.15, -0.1) is 0 Å². The first-order valence-electron chi connectivity index (χ1n) is 9.72. The van der Waals surface area contributed by atoms with Crippen molar-refractivity contribution in [3.8, 4) is 22.6 Å². The number of alkyl halides is 3. The van der Waals surface area contributed by atoms with Crippen LogP contribution in [0.2, 0.25) is 0 Å². The maximum atomic E-state index is 12.6. The van der Waals surface area contributed by atoms with Crippen LogP contribution in [0.1, 0.15) is 31.1 Å². The molecule has 0 saturated carbocycles. The van der Waals surface area contributed by atoms with Gasteiger partial charge in [-0.1, -0.05) is 5.16 Å². The van der Waals surface area contributed by atoms with Gasteiger partial charge < -0.3 is 14.9 Å². The third-order valence-electron chi connectivity index (χ3n) is 4.52. The van der Waals surface area contributed by atoms with Gasteiger partial charge in [0.05, 0.1) is 23.6 Å². The SMILES string of the molecule is CC(C)(O)c1ccc(-c2ccnc(NCc3ccc(-c4noc(C(F)(F)F)n4)cn3)n2)cn1. The molecule has 0 radical (unpaired) electrons. The standard InChI is InChI=1S/C21H18F3N7O2/c1-20(2,32)16-6-4-12(9-27-16)15-7-8-25-19(29-15)28-11-14-5-3-13(10-26-14)17-30-18(33-31-17)21(22,23)24/h3-10,32H,11H2,1-2H3,(H,25,28,29). The molecule has 2 N–H and O–H groups in total. The van der Waals surface area contributed by atoms with Gasteiger partial charge in [-0.3, -0.25) is 9.97 Å². The van der Waals surface area contributed by atoms with Crippen LogP contribution in [0.3, 0.4) is 0 Å². The summed E-state index contributed by atoms with van der Waals surface area (Å²) >= 11 is 0. The Labute approximate surface area is 185 Å². The maximum Gasteiger partial charge on any atom is 0.471 e. The molecule has 0 aliphatic carbocycles. The summed E-state index contributed by atoms with van der Waals surface area (Å²) in [6.07, 6.45) is -0.124. The van der Waals surface area contributed by atoms with E-state index in [2.05, 4.69) is 39.9 Å². The zero-order chi connectivity index (χ0) is 23.6. The minimum atomic E-state index is -4.70. The van der Waals surface area contributed by atoms with Crippen LogP contribution in [0.5, 0.6) is 0 Å². The molecule has 4 rings (SSSR count). The lowest BCUT2D eigenvalue weighted by atomic mass is 10.0. The second-order valence-corrected chi connectivity index (χ2v) is 7.57. The van der Waals surface area contributed by atoms with Crippen molar-refractivity contribution in [3.63, 3.8) is 0 Å². The predicted molar refractivity (Wildman–Crippen MR) is 110 cm³/mol. The van der Waals surface area contributed by atoms with Gasteiger partial charge in [0.2, 0.25) is 11.8 Å². The van der Waals surface area contributed by atoms with E-state index in [0.29, 0.717) is 28.6 Å². The van der Waals surface area contributed by atoms with Gasteiger partial charge in [-0.2, -0.15) is 18.2 Å². The lowest BCUT2D eigenvalue weighted by Crippen LogP contribution is -2.17. The third-order valence-corrected chi connectivity index (χ3v) is 4.52. The molecule has 0 amide bonds. The number of rotatable bonds is 6. The van der Waals surface area contributed by atoms with Gasteiger partial charge in [0.1, 0.15) is 5.60 Å². The summed E-state index contributed by atoms with van der Waals surface area (Å²) in [7, 11) is 0. The Bertz CT molecular complexity index is 1230. The monoisotopic (exact) mass is 457 g/mol. The molecular formula is C21H18F3N7O2. The molecule has 0 aliphatic rings. The Morgan fingerprint density at radius 2 is 1.70 bits per heavy atom. The molecule has 4 aromatic rings. The van der Waals surface area contributed by atoms with Crippen LogP contribution >= 0.6 is 0 Å². The fraction of sp³-hybridized carbons (Fsp3) is 0.238. The molecule has 4 aromatic heterocycles. The number of anilines is 1. The molecule has 33 heavy (non-hydrogen) atoms. The Hall–Kier alpha value is -3.93. The van der Waals surface area contributed by atoms with Crippen molar-refractivity contribution >= 4 is 5.95 Å². The quantitative estimate of drug-likeness (QED) is 0.444. The van der Waals surface area contributed by atoms with Crippen molar-refractivity contribution in [1.82, 2.24) is 30.1 Å². The van der Waals surface area contributed by atoms with Crippen LogP contribution < -0.4 is 5.32 Å². The van der Waals surface area contributed by atoms with Crippen LogP contribution in [0, 0.1) is 0 Å². The summed E-state index contributed by atoms with van der Waals surface area (Å²) in [5.41, 5.74) is 1.80. The summed E-state index contributed by atoms with van der Waals surface area (Å²) < 4.78 is 42.0. The summed E-state index contributed by atoms with van der Waals surface area (Å²) in [5, 5.41) is 16.4.